The van der Waals surface area contributed by atoms with Gasteiger partial charge in [-0.05, 0) is 19.1 Å². The Morgan fingerprint density at radius 1 is 1.50 bits per heavy atom. The van der Waals surface area contributed by atoms with E-state index < -0.39 is 5.97 Å². The lowest BCUT2D eigenvalue weighted by molar-refractivity contribution is 0.0528. The number of fused-ring (bicyclic) bond motifs is 1. The van der Waals surface area contributed by atoms with Gasteiger partial charge in [-0.25, -0.2) is 4.79 Å². The second-order valence-corrected chi connectivity index (χ2v) is 4.28. The first-order valence-corrected chi connectivity index (χ1v) is 5.83. The summed E-state index contributed by atoms with van der Waals surface area (Å²) in [7, 11) is 3.28. The Balaban J connectivity index is 2.84. The Hall–Kier alpha value is -1.89. The zero-order valence-electron chi connectivity index (χ0n) is 10.3. The number of hydrogen-bond acceptors (Lipinski definition) is 4. The number of nitrogens with one attached hydrogen (secondary N) is 1. The second kappa shape index (κ2) is 4.41. The molecule has 0 spiro atoms. The minimum Gasteiger partial charge on any atom is -0.462 e. The number of H-pyrrole nitrogens is 1. The molecule has 0 aromatic carbocycles. The number of carbonyl (C=O) groups is 1. The smallest absolute Gasteiger partial charge is 0.341 e. The third-order valence-corrected chi connectivity index (χ3v) is 3.10. The first kappa shape index (κ1) is 12.6. The van der Waals surface area contributed by atoms with Crippen LogP contribution in [0, 0.1) is 4.77 Å². The number of esters is 1. The predicted octanol–water partition coefficient (Wildman–Crippen LogP) is 1.11. The Labute approximate surface area is 108 Å². The predicted molar refractivity (Wildman–Crippen MR) is 69.3 cm³/mol. The Kier molecular flexibility index (Phi) is 3.08. The van der Waals surface area contributed by atoms with Gasteiger partial charge in [0.2, 0.25) is 0 Å². The summed E-state index contributed by atoms with van der Waals surface area (Å²) in [4.78, 5) is 26.7. The van der Waals surface area contributed by atoms with Crippen LogP contribution in [0.2, 0.25) is 0 Å². The standard InChI is InChI=1S/C11H13N3O3S/c1-4-17-10(16)6-5-13(2)8-7(6)12-11(18)14(3)9(8)15/h5H,4H2,1-3H3,(H,12,18). The maximum absolute atomic E-state index is 12.1. The maximum atomic E-state index is 12.1. The first-order chi connectivity index (χ1) is 8.47. The number of aryl methyl sites for hydroxylation is 1. The van der Waals surface area contributed by atoms with Gasteiger partial charge < -0.3 is 14.3 Å². The van der Waals surface area contributed by atoms with E-state index in [1.165, 1.54) is 4.57 Å². The van der Waals surface area contributed by atoms with Gasteiger partial charge in [0.25, 0.3) is 5.56 Å². The van der Waals surface area contributed by atoms with Crippen LogP contribution >= 0.6 is 12.2 Å². The summed E-state index contributed by atoms with van der Waals surface area (Å²) in [5.74, 6) is -0.470. The molecule has 0 saturated carbocycles. The Bertz CT molecular complexity index is 738. The molecule has 2 aromatic heterocycles. The number of hydrogen-bond donors (Lipinski definition) is 1. The number of rotatable bonds is 2. The molecule has 7 heteroatoms. The van der Waals surface area contributed by atoms with Crippen molar-refractivity contribution in [2.24, 2.45) is 14.1 Å². The second-order valence-electron chi connectivity index (χ2n) is 3.89. The molecule has 2 heterocycles. The van der Waals surface area contributed by atoms with Crippen LogP contribution in [0.3, 0.4) is 0 Å². The largest absolute Gasteiger partial charge is 0.462 e. The van der Waals surface area contributed by atoms with E-state index in [-0.39, 0.29) is 16.9 Å². The summed E-state index contributed by atoms with van der Waals surface area (Å²) < 4.78 is 8.13. The molecule has 18 heavy (non-hydrogen) atoms. The number of aromatic nitrogens is 3. The van der Waals surface area contributed by atoms with Gasteiger partial charge >= 0.3 is 5.97 Å². The van der Waals surface area contributed by atoms with Crippen molar-refractivity contribution in [1.82, 2.24) is 14.1 Å². The molecule has 0 fully saturated rings. The van der Waals surface area contributed by atoms with Gasteiger partial charge in [0.1, 0.15) is 11.1 Å². The zero-order valence-corrected chi connectivity index (χ0v) is 11.1. The highest BCUT2D eigenvalue weighted by molar-refractivity contribution is 7.71. The van der Waals surface area contributed by atoms with Crippen LogP contribution in [0.25, 0.3) is 11.0 Å². The lowest BCUT2D eigenvalue weighted by Gasteiger charge is -2.01. The molecule has 1 N–H and O–H groups in total. The van der Waals surface area contributed by atoms with Gasteiger partial charge in [0, 0.05) is 20.3 Å². The molecule has 0 radical (unpaired) electrons. The van der Waals surface area contributed by atoms with Crippen LogP contribution in [-0.4, -0.2) is 26.7 Å². The molecular formula is C11H13N3O3S. The van der Waals surface area contributed by atoms with Crippen molar-refractivity contribution in [3.63, 3.8) is 0 Å². The van der Waals surface area contributed by atoms with Gasteiger partial charge in [-0.1, -0.05) is 0 Å². The zero-order chi connectivity index (χ0) is 13.4. The van der Waals surface area contributed by atoms with Crippen molar-refractivity contribution in [1.29, 1.82) is 0 Å². The molecule has 2 aromatic rings. The average molecular weight is 267 g/mol. The van der Waals surface area contributed by atoms with Crippen LogP contribution in [0.5, 0.6) is 0 Å². The Morgan fingerprint density at radius 2 is 2.17 bits per heavy atom. The van der Waals surface area contributed by atoms with Crippen LogP contribution in [-0.2, 0) is 18.8 Å². The number of aromatic amines is 1. The van der Waals surface area contributed by atoms with Crippen molar-refractivity contribution in [2.45, 2.75) is 6.92 Å². The summed E-state index contributed by atoms with van der Waals surface area (Å²) in [5.41, 5.74) is 0.892. The molecule has 0 bridgehead atoms. The SMILES string of the molecule is CCOC(=O)c1cn(C)c2c(=O)n(C)c(=S)[nH]c12. The van der Waals surface area contributed by atoms with Gasteiger partial charge in [-0.15, -0.1) is 0 Å². The van der Waals surface area contributed by atoms with E-state index >= 15 is 0 Å². The molecular weight excluding hydrogens is 254 g/mol. The fourth-order valence-corrected chi connectivity index (χ4v) is 2.00. The van der Waals surface area contributed by atoms with Crippen molar-refractivity contribution in [3.8, 4) is 0 Å². The highest BCUT2D eigenvalue weighted by Crippen LogP contribution is 2.16. The van der Waals surface area contributed by atoms with E-state index in [9.17, 15) is 9.59 Å². The third kappa shape index (κ3) is 1.76. The van der Waals surface area contributed by atoms with Gasteiger partial charge in [0.05, 0.1) is 12.1 Å². The van der Waals surface area contributed by atoms with E-state index in [1.807, 2.05) is 0 Å². The van der Waals surface area contributed by atoms with E-state index in [2.05, 4.69) is 4.98 Å². The van der Waals surface area contributed by atoms with Gasteiger partial charge in [-0.2, -0.15) is 0 Å². The highest BCUT2D eigenvalue weighted by atomic mass is 32.1. The normalized spacial score (nSPS) is 10.8. The van der Waals surface area contributed by atoms with E-state index in [1.54, 1.807) is 31.8 Å². The fourth-order valence-electron chi connectivity index (χ4n) is 1.82. The van der Waals surface area contributed by atoms with Crippen molar-refractivity contribution >= 4 is 29.2 Å². The minimum absolute atomic E-state index is 0.244. The molecule has 0 atom stereocenters. The van der Waals surface area contributed by atoms with Crippen LogP contribution in [0.1, 0.15) is 17.3 Å². The summed E-state index contributed by atoms with van der Waals surface area (Å²) in [6.45, 7) is 2.01. The fraction of sp³-hybridized carbons (Fsp3) is 0.364. The highest BCUT2D eigenvalue weighted by Gasteiger charge is 2.18. The summed E-state index contributed by atoms with van der Waals surface area (Å²) >= 11 is 5.03. The molecule has 2 rings (SSSR count). The lowest BCUT2D eigenvalue weighted by Crippen LogP contribution is -2.20. The van der Waals surface area contributed by atoms with Gasteiger partial charge in [-0.3, -0.25) is 9.36 Å². The van der Waals surface area contributed by atoms with Crippen molar-refractivity contribution < 1.29 is 9.53 Å². The number of ether oxygens (including phenoxy) is 1. The monoisotopic (exact) mass is 267 g/mol. The quantitative estimate of drug-likeness (QED) is 0.653. The molecule has 0 aliphatic rings. The van der Waals surface area contributed by atoms with Crippen molar-refractivity contribution in [2.75, 3.05) is 6.61 Å². The third-order valence-electron chi connectivity index (χ3n) is 2.72. The lowest BCUT2D eigenvalue weighted by atomic mass is 10.3. The van der Waals surface area contributed by atoms with Crippen LogP contribution in [0.15, 0.2) is 11.0 Å². The maximum Gasteiger partial charge on any atom is 0.341 e. The van der Waals surface area contributed by atoms with Crippen molar-refractivity contribution in [3.05, 3.63) is 26.9 Å². The molecule has 96 valence electrons. The van der Waals surface area contributed by atoms with Gasteiger partial charge in [0.15, 0.2) is 4.77 Å². The molecule has 0 saturated heterocycles. The number of carbonyl (C=O) groups excluding carboxylic acids is 1. The molecule has 0 unspecified atom stereocenters. The summed E-state index contributed by atoms with van der Waals surface area (Å²) in [6, 6.07) is 0. The molecule has 6 nitrogen and oxygen atoms in total. The first-order valence-electron chi connectivity index (χ1n) is 5.42. The van der Waals surface area contributed by atoms with E-state index in [4.69, 9.17) is 17.0 Å². The number of nitrogens with zero attached hydrogens (tertiary/aromatic N) is 2. The Morgan fingerprint density at radius 3 is 2.78 bits per heavy atom. The summed E-state index contributed by atoms with van der Waals surface area (Å²) in [6.07, 6.45) is 1.56. The molecule has 0 aliphatic heterocycles. The van der Waals surface area contributed by atoms with E-state index in [0.29, 0.717) is 16.6 Å². The minimum atomic E-state index is -0.470. The van der Waals surface area contributed by atoms with Crippen LogP contribution in [0.4, 0.5) is 0 Å². The molecule has 0 aliphatic carbocycles. The topological polar surface area (TPSA) is 69.0 Å². The average Bonchev–Trinajstić information content (AvgIpc) is 2.64. The summed E-state index contributed by atoms with van der Waals surface area (Å²) in [5, 5.41) is 0. The molecule has 0 amide bonds. The van der Waals surface area contributed by atoms with E-state index in [0.717, 1.165) is 0 Å². The van der Waals surface area contributed by atoms with Crippen LogP contribution < -0.4 is 5.56 Å².